The van der Waals surface area contributed by atoms with Gasteiger partial charge in [0.15, 0.2) is 12.6 Å². The molecule has 23 nitrogen and oxygen atoms in total. The van der Waals surface area contributed by atoms with Gasteiger partial charge in [-0.25, -0.2) is 4.79 Å². The van der Waals surface area contributed by atoms with Gasteiger partial charge in [-0.3, -0.25) is 9.59 Å². The van der Waals surface area contributed by atoms with Gasteiger partial charge in [-0.2, -0.15) is 0 Å². The van der Waals surface area contributed by atoms with Gasteiger partial charge in [-0.05, 0) is 32.1 Å². The third kappa shape index (κ3) is 26.4. The molecule has 0 saturated carbocycles. The topological polar surface area (TPSA) is 373 Å². The summed E-state index contributed by atoms with van der Waals surface area (Å²) in [4.78, 5) is 38.4. The Morgan fingerprint density at radius 3 is 1.66 bits per heavy atom. The van der Waals surface area contributed by atoms with Crippen molar-refractivity contribution in [3.63, 3.8) is 0 Å². The van der Waals surface area contributed by atoms with Gasteiger partial charge in [0.2, 0.25) is 11.8 Å². The van der Waals surface area contributed by atoms with Crippen molar-refractivity contribution in [2.24, 2.45) is 0 Å². The third-order valence-electron chi connectivity index (χ3n) is 16.2. The molecule has 2 amide bonds. The second kappa shape index (κ2) is 42.4. The molecule has 0 aromatic heterocycles. The first kappa shape index (κ1) is 74.7. The number of aliphatic hydroxyl groups excluding tert-OH is 11. The molecule has 0 aliphatic carbocycles. The molecule has 486 valence electrons. The molecule has 14 N–H and O–H groups in total. The number of amides is 2. The molecular formula is C60H110N2O21. The van der Waals surface area contributed by atoms with Crippen molar-refractivity contribution in [1.29, 1.82) is 0 Å². The second-order valence-corrected chi connectivity index (χ2v) is 23.3. The lowest BCUT2D eigenvalue weighted by atomic mass is 9.88. The van der Waals surface area contributed by atoms with E-state index in [0.717, 1.165) is 71.1 Å². The van der Waals surface area contributed by atoms with Crippen LogP contribution in [0.5, 0.6) is 0 Å². The standard InChI is InChI=1S/C60H110N2O21/c1-4-6-8-10-12-14-16-17-18-19-20-21-22-24-25-27-29-31-33-42(67)41(62-47(70)34-32-30-28-26-23-15-13-11-9-7-5-2)39-78-57-52(74)51(73)54(46(38-65)80-57)81-58-53(75)56(50(72)45(37-64)79-58)83-60(59(76)77)35-43(68)48(61-40(3)66)55(82-60)49(71)44(69)36-63/h11,13,41-46,48-58,63-65,67-69,71-75H,4-10,12,14-39H2,1-3H3,(H,61,66)(H,62,70)(H,76,77)/b13-11-. The van der Waals surface area contributed by atoms with Gasteiger partial charge in [0.25, 0.3) is 5.79 Å². The molecule has 3 heterocycles. The van der Waals surface area contributed by atoms with Gasteiger partial charge < -0.3 is 100 Å². The van der Waals surface area contributed by atoms with Crippen LogP contribution in [0.25, 0.3) is 0 Å². The number of hydrogen-bond donors (Lipinski definition) is 14. The van der Waals surface area contributed by atoms with Crippen LogP contribution in [-0.2, 0) is 42.8 Å². The molecule has 0 aromatic rings. The zero-order valence-corrected chi connectivity index (χ0v) is 50.1. The molecule has 0 aromatic carbocycles. The van der Waals surface area contributed by atoms with Crippen molar-refractivity contribution in [1.82, 2.24) is 10.6 Å². The van der Waals surface area contributed by atoms with Crippen LogP contribution in [0.3, 0.4) is 0 Å². The number of allylic oxidation sites excluding steroid dienone is 2. The molecule has 3 aliphatic rings. The molecule has 3 fully saturated rings. The van der Waals surface area contributed by atoms with Crippen molar-refractivity contribution in [3.05, 3.63) is 12.2 Å². The van der Waals surface area contributed by atoms with E-state index in [2.05, 4.69) is 36.6 Å². The average Bonchev–Trinajstić information content (AvgIpc) is 3.49. The van der Waals surface area contributed by atoms with Crippen molar-refractivity contribution < 1.29 is 104 Å². The molecule has 3 rings (SSSR count). The predicted molar refractivity (Wildman–Crippen MR) is 306 cm³/mol. The Labute approximate surface area is 492 Å². The number of carbonyl (C=O) groups excluding carboxylic acids is 2. The van der Waals surface area contributed by atoms with Gasteiger partial charge in [-0.15, -0.1) is 0 Å². The summed E-state index contributed by atoms with van der Waals surface area (Å²) in [6.45, 7) is 2.13. The quantitative estimate of drug-likeness (QED) is 0.0306. The number of aliphatic carboxylic acids is 1. The van der Waals surface area contributed by atoms with Gasteiger partial charge in [0.05, 0.1) is 50.7 Å². The molecular weight excluding hydrogens is 1080 g/mol. The maximum Gasteiger partial charge on any atom is 0.364 e. The largest absolute Gasteiger partial charge is 0.477 e. The normalized spacial score (nSPS) is 30.0. The first-order valence-electron chi connectivity index (χ1n) is 31.5. The minimum absolute atomic E-state index is 0.213. The number of hydrogen-bond acceptors (Lipinski definition) is 20. The molecule has 3 saturated heterocycles. The molecule has 0 radical (unpaired) electrons. The smallest absolute Gasteiger partial charge is 0.364 e. The van der Waals surface area contributed by atoms with Crippen LogP contribution >= 0.6 is 0 Å². The number of ether oxygens (including phenoxy) is 6. The average molecular weight is 1200 g/mol. The summed E-state index contributed by atoms with van der Waals surface area (Å²) in [6.07, 6.45) is 6.70. The second-order valence-electron chi connectivity index (χ2n) is 23.3. The Bertz CT molecular complexity index is 1750. The van der Waals surface area contributed by atoms with Crippen LogP contribution in [0.1, 0.15) is 213 Å². The summed E-state index contributed by atoms with van der Waals surface area (Å²) in [5.74, 6) is -6.11. The molecule has 18 unspecified atom stereocenters. The Balaban J connectivity index is 1.64. The van der Waals surface area contributed by atoms with E-state index >= 15 is 0 Å². The molecule has 18 atom stereocenters. The van der Waals surface area contributed by atoms with Crippen molar-refractivity contribution in [2.75, 3.05) is 26.4 Å². The van der Waals surface area contributed by atoms with E-state index in [-0.39, 0.29) is 18.9 Å². The van der Waals surface area contributed by atoms with Crippen molar-refractivity contribution >= 4 is 17.8 Å². The maximum absolute atomic E-state index is 13.4. The third-order valence-corrected chi connectivity index (χ3v) is 16.2. The number of carbonyl (C=O) groups is 3. The van der Waals surface area contributed by atoms with Crippen molar-refractivity contribution in [2.45, 2.75) is 323 Å². The highest BCUT2D eigenvalue weighted by atomic mass is 16.8. The van der Waals surface area contributed by atoms with Crippen LogP contribution in [0.2, 0.25) is 0 Å². The molecule has 0 bridgehead atoms. The van der Waals surface area contributed by atoms with Crippen LogP contribution in [-0.4, -0.2) is 215 Å². The molecule has 23 heteroatoms. The Kier molecular flexibility index (Phi) is 38.1. The lowest BCUT2D eigenvalue weighted by molar-refractivity contribution is -0.386. The summed E-state index contributed by atoms with van der Waals surface area (Å²) in [6, 6.07) is -2.53. The highest BCUT2D eigenvalue weighted by molar-refractivity contribution is 5.77. The Morgan fingerprint density at radius 1 is 0.614 bits per heavy atom. The minimum Gasteiger partial charge on any atom is -0.477 e. The summed E-state index contributed by atoms with van der Waals surface area (Å²) >= 11 is 0. The number of nitrogens with one attached hydrogen (secondary N) is 2. The van der Waals surface area contributed by atoms with Gasteiger partial charge in [0, 0.05) is 19.8 Å². The Morgan fingerprint density at radius 2 is 1.13 bits per heavy atom. The highest BCUT2D eigenvalue weighted by Crippen LogP contribution is 2.38. The zero-order valence-electron chi connectivity index (χ0n) is 50.1. The fourth-order valence-electron chi connectivity index (χ4n) is 11.1. The van der Waals surface area contributed by atoms with E-state index in [4.69, 9.17) is 28.4 Å². The summed E-state index contributed by atoms with van der Waals surface area (Å²) in [7, 11) is 0. The van der Waals surface area contributed by atoms with E-state index in [0.29, 0.717) is 19.3 Å². The predicted octanol–water partition coefficient (Wildman–Crippen LogP) is 3.56. The summed E-state index contributed by atoms with van der Waals surface area (Å²) in [5, 5.41) is 136. The number of rotatable bonds is 46. The molecule has 0 spiro atoms. The zero-order chi connectivity index (χ0) is 61.2. The maximum atomic E-state index is 13.4. The number of carboxylic acids is 1. The lowest BCUT2D eigenvalue weighted by Crippen LogP contribution is -2.70. The van der Waals surface area contributed by atoms with E-state index in [1.807, 2.05) is 0 Å². The van der Waals surface area contributed by atoms with Crippen LogP contribution in [0.4, 0.5) is 0 Å². The molecule has 83 heavy (non-hydrogen) atoms. The first-order valence-corrected chi connectivity index (χ1v) is 31.5. The fourth-order valence-corrected chi connectivity index (χ4v) is 11.1. The van der Waals surface area contributed by atoms with E-state index in [1.54, 1.807) is 0 Å². The monoisotopic (exact) mass is 1190 g/mol. The minimum atomic E-state index is -3.08. The van der Waals surface area contributed by atoms with Gasteiger partial charge in [0.1, 0.15) is 67.1 Å². The SMILES string of the molecule is CCCC/C=C\CCCCCCCC(=O)NC(COC1OC(CO)C(OC2OC(CO)C(O)C(OC3(C(=O)O)CC(O)C(NC(C)=O)C(C(O)C(O)CO)O3)C2O)C(O)C1O)C(O)CCCCCCCCCCCCCCCCCCCC. The van der Waals surface area contributed by atoms with E-state index < -0.39 is 148 Å². The number of carboxylic acid groups (broad SMARTS) is 1. The fraction of sp³-hybridized carbons (Fsp3) is 0.917. The van der Waals surface area contributed by atoms with E-state index in [1.165, 1.54) is 96.3 Å². The van der Waals surface area contributed by atoms with Gasteiger partial charge in [-0.1, -0.05) is 174 Å². The van der Waals surface area contributed by atoms with E-state index in [9.17, 15) is 75.7 Å². The summed E-state index contributed by atoms with van der Waals surface area (Å²) in [5.41, 5.74) is 0. The number of unbranched alkanes of at least 4 members (excludes halogenated alkanes) is 24. The lowest BCUT2D eigenvalue weighted by Gasteiger charge is -2.50. The van der Waals surface area contributed by atoms with Gasteiger partial charge >= 0.3 is 5.97 Å². The van der Waals surface area contributed by atoms with Crippen LogP contribution < -0.4 is 10.6 Å². The van der Waals surface area contributed by atoms with Crippen LogP contribution in [0.15, 0.2) is 12.2 Å². The highest BCUT2D eigenvalue weighted by Gasteiger charge is 2.60. The number of aliphatic hydroxyl groups is 11. The van der Waals surface area contributed by atoms with Crippen LogP contribution in [0, 0.1) is 0 Å². The molecule has 3 aliphatic heterocycles. The first-order chi connectivity index (χ1) is 39.9. The Hall–Kier alpha value is -2.53. The van der Waals surface area contributed by atoms with Crippen molar-refractivity contribution in [3.8, 4) is 0 Å². The summed E-state index contributed by atoms with van der Waals surface area (Å²) < 4.78 is 34.7.